The van der Waals surface area contributed by atoms with E-state index in [1.165, 1.54) is 0 Å². The van der Waals surface area contributed by atoms with E-state index in [9.17, 15) is 19.7 Å². The molecule has 0 spiro atoms. The van der Waals surface area contributed by atoms with Gasteiger partial charge >= 0.3 is 5.97 Å². The van der Waals surface area contributed by atoms with Crippen LogP contribution in [0.1, 0.15) is 66.4 Å². The Hall–Kier alpha value is -3.26. The number of ketones is 1. The molecular formula is C27H34N2O6. The smallest absolute Gasteiger partial charge is 0.313 e. The molecule has 8 heteroatoms. The van der Waals surface area contributed by atoms with E-state index in [1.807, 2.05) is 24.3 Å². The van der Waals surface area contributed by atoms with Crippen LogP contribution in [0.2, 0.25) is 0 Å². The lowest BCUT2D eigenvalue weighted by atomic mass is 9.92. The third-order valence-electron chi connectivity index (χ3n) is 6.56. The van der Waals surface area contributed by atoms with Gasteiger partial charge in [-0.1, -0.05) is 48.5 Å². The van der Waals surface area contributed by atoms with Crippen LogP contribution in [0.5, 0.6) is 0 Å². The average Bonchev–Trinajstić information content (AvgIpc) is 2.89. The van der Waals surface area contributed by atoms with Crippen molar-refractivity contribution < 1.29 is 24.3 Å². The molecule has 35 heavy (non-hydrogen) atoms. The van der Waals surface area contributed by atoms with Crippen LogP contribution in [-0.4, -0.2) is 54.6 Å². The molecule has 0 saturated carbocycles. The number of rotatable bonds is 13. The summed E-state index contributed by atoms with van der Waals surface area (Å²) in [6, 6.07) is 16.3. The fourth-order valence-electron chi connectivity index (χ4n) is 4.44. The average molecular weight is 483 g/mol. The molecule has 3 rings (SSSR count). The van der Waals surface area contributed by atoms with Crippen LogP contribution in [0, 0.1) is 16.0 Å². The topological polar surface area (TPSA) is 99.0 Å². The largest absolute Gasteiger partial charge is 0.465 e. The third-order valence-corrected chi connectivity index (χ3v) is 6.56. The third kappa shape index (κ3) is 8.47. The molecule has 0 aliphatic carbocycles. The van der Waals surface area contributed by atoms with Crippen molar-refractivity contribution in [1.29, 1.82) is 0 Å². The molecule has 0 N–H and O–H groups in total. The van der Waals surface area contributed by atoms with E-state index in [1.54, 1.807) is 37.3 Å². The maximum atomic E-state index is 12.7. The van der Waals surface area contributed by atoms with Gasteiger partial charge in [-0.05, 0) is 69.7 Å². The second kappa shape index (κ2) is 13.6. The van der Waals surface area contributed by atoms with Crippen molar-refractivity contribution in [2.45, 2.75) is 44.9 Å². The van der Waals surface area contributed by atoms with E-state index in [0.29, 0.717) is 30.1 Å². The van der Waals surface area contributed by atoms with Crippen LogP contribution in [0.15, 0.2) is 54.6 Å². The van der Waals surface area contributed by atoms with Gasteiger partial charge in [0, 0.05) is 17.7 Å². The number of nitrogens with zero attached hydrogens (tertiary/aromatic N) is 2. The highest BCUT2D eigenvalue weighted by molar-refractivity contribution is 6.09. The lowest BCUT2D eigenvalue weighted by molar-refractivity contribution is -0.757. The van der Waals surface area contributed by atoms with Crippen LogP contribution < -0.4 is 0 Å². The quantitative estimate of drug-likeness (QED) is 0.135. The zero-order valence-electron chi connectivity index (χ0n) is 20.3. The maximum Gasteiger partial charge on any atom is 0.313 e. The molecule has 0 bridgehead atoms. The van der Waals surface area contributed by atoms with Gasteiger partial charge in [0.05, 0.1) is 19.1 Å². The zero-order chi connectivity index (χ0) is 25.0. The van der Waals surface area contributed by atoms with E-state index in [0.717, 1.165) is 50.9 Å². The van der Waals surface area contributed by atoms with Crippen molar-refractivity contribution in [2.24, 2.45) is 5.92 Å². The molecule has 1 heterocycles. The first-order valence-electron chi connectivity index (χ1n) is 12.3. The Morgan fingerprint density at radius 1 is 1.03 bits per heavy atom. The number of carbonyl (C=O) groups excluding carboxylic acids is 2. The van der Waals surface area contributed by atoms with E-state index in [2.05, 4.69) is 9.74 Å². The molecule has 1 fully saturated rings. The van der Waals surface area contributed by atoms with Crippen LogP contribution in [-0.2, 0) is 14.4 Å². The molecule has 188 valence electrons. The van der Waals surface area contributed by atoms with Crippen molar-refractivity contribution in [3.8, 4) is 0 Å². The summed E-state index contributed by atoms with van der Waals surface area (Å²) in [5.41, 5.74) is 1.94. The second-order valence-electron chi connectivity index (χ2n) is 9.05. The van der Waals surface area contributed by atoms with Crippen molar-refractivity contribution >= 4 is 11.8 Å². The molecule has 1 saturated heterocycles. The Bertz CT molecular complexity index is 973. The first kappa shape index (κ1) is 26.3. The number of hydrogen-bond acceptors (Lipinski definition) is 7. The SMILES string of the molecule is C[C@H](C(=O)OCCCN1CCC(CCCO[N+](=O)[O-])CC1)c1cccc(C(=O)c2ccccc2)c1. The first-order valence-corrected chi connectivity index (χ1v) is 12.3. The zero-order valence-corrected chi connectivity index (χ0v) is 20.3. The predicted octanol–water partition coefficient (Wildman–Crippen LogP) is 4.65. The number of ether oxygens (including phenoxy) is 1. The number of carbonyl (C=O) groups is 2. The molecule has 0 unspecified atom stereocenters. The summed E-state index contributed by atoms with van der Waals surface area (Å²) in [5, 5.41) is 9.45. The number of piperidine rings is 1. The van der Waals surface area contributed by atoms with E-state index in [-0.39, 0.29) is 18.4 Å². The Morgan fingerprint density at radius 2 is 1.74 bits per heavy atom. The van der Waals surface area contributed by atoms with Gasteiger partial charge in [0.1, 0.15) is 0 Å². The molecule has 0 amide bonds. The van der Waals surface area contributed by atoms with E-state index in [4.69, 9.17) is 4.74 Å². The Kier molecular flexibility index (Phi) is 10.2. The highest BCUT2D eigenvalue weighted by atomic mass is 16.9. The lowest BCUT2D eigenvalue weighted by Crippen LogP contribution is -2.35. The lowest BCUT2D eigenvalue weighted by Gasteiger charge is -2.31. The van der Waals surface area contributed by atoms with Crippen LogP contribution >= 0.6 is 0 Å². The standard InChI is InChI=1S/C27H34N2O6/c1-21(24-11-5-12-25(20-24)26(30)23-9-3-2-4-10-23)27(31)34-18-7-15-28-16-13-22(14-17-28)8-6-19-35-29(32)33/h2-5,9-12,20-22H,6-8,13-19H2,1H3/t21-/m0/s1. The van der Waals surface area contributed by atoms with Gasteiger partial charge in [0.25, 0.3) is 5.09 Å². The molecule has 0 radical (unpaired) electrons. The van der Waals surface area contributed by atoms with Gasteiger partial charge < -0.3 is 14.5 Å². The number of likely N-dealkylation sites (tertiary alicyclic amines) is 1. The van der Waals surface area contributed by atoms with E-state index < -0.39 is 11.0 Å². The predicted molar refractivity (Wildman–Crippen MR) is 132 cm³/mol. The summed E-state index contributed by atoms with van der Waals surface area (Å²) in [7, 11) is 0. The summed E-state index contributed by atoms with van der Waals surface area (Å²) in [4.78, 5) is 42.2. The summed E-state index contributed by atoms with van der Waals surface area (Å²) in [6.07, 6.45) is 4.59. The Labute approximate surface area is 206 Å². The number of benzene rings is 2. The molecule has 1 atom stereocenters. The summed E-state index contributed by atoms with van der Waals surface area (Å²) < 4.78 is 5.52. The Morgan fingerprint density at radius 3 is 2.46 bits per heavy atom. The molecule has 2 aromatic rings. The van der Waals surface area contributed by atoms with Crippen LogP contribution in [0.4, 0.5) is 0 Å². The number of esters is 1. The maximum absolute atomic E-state index is 12.7. The minimum atomic E-state index is -0.736. The van der Waals surface area contributed by atoms with Crippen LogP contribution in [0.25, 0.3) is 0 Å². The molecular weight excluding hydrogens is 448 g/mol. The van der Waals surface area contributed by atoms with Gasteiger partial charge in [0.2, 0.25) is 0 Å². The molecule has 0 aromatic heterocycles. The van der Waals surface area contributed by atoms with Gasteiger partial charge in [0.15, 0.2) is 5.78 Å². The molecule has 1 aliphatic rings. The van der Waals surface area contributed by atoms with Crippen molar-refractivity contribution in [3.05, 3.63) is 81.4 Å². The molecule has 2 aromatic carbocycles. The highest BCUT2D eigenvalue weighted by Gasteiger charge is 2.21. The normalized spacial score (nSPS) is 15.3. The molecule has 1 aliphatic heterocycles. The highest BCUT2D eigenvalue weighted by Crippen LogP contribution is 2.23. The fourth-order valence-corrected chi connectivity index (χ4v) is 4.44. The monoisotopic (exact) mass is 482 g/mol. The van der Waals surface area contributed by atoms with Gasteiger partial charge in [-0.15, -0.1) is 10.1 Å². The summed E-state index contributed by atoms with van der Waals surface area (Å²) in [6.45, 7) is 5.20. The minimum Gasteiger partial charge on any atom is -0.465 e. The van der Waals surface area contributed by atoms with Crippen molar-refractivity contribution in [2.75, 3.05) is 32.8 Å². The summed E-state index contributed by atoms with van der Waals surface area (Å²) >= 11 is 0. The van der Waals surface area contributed by atoms with Gasteiger partial charge in [-0.3, -0.25) is 9.59 Å². The minimum absolute atomic E-state index is 0.0679. The van der Waals surface area contributed by atoms with Crippen LogP contribution in [0.3, 0.4) is 0 Å². The summed E-state index contributed by atoms with van der Waals surface area (Å²) in [5.74, 6) is -0.218. The second-order valence-corrected chi connectivity index (χ2v) is 9.05. The number of hydrogen-bond donors (Lipinski definition) is 0. The fraction of sp³-hybridized carbons (Fsp3) is 0.481. The first-order chi connectivity index (χ1) is 16.9. The Balaban J connectivity index is 1.35. The van der Waals surface area contributed by atoms with Crippen molar-refractivity contribution in [3.63, 3.8) is 0 Å². The van der Waals surface area contributed by atoms with Gasteiger partial charge in [-0.2, -0.15) is 0 Å². The van der Waals surface area contributed by atoms with E-state index >= 15 is 0 Å². The molecule has 8 nitrogen and oxygen atoms in total. The van der Waals surface area contributed by atoms with Gasteiger partial charge in [-0.25, -0.2) is 0 Å². The van der Waals surface area contributed by atoms with Crippen molar-refractivity contribution in [1.82, 2.24) is 4.90 Å².